The average Bonchev–Trinajstić information content (AvgIpc) is 2.41. The second kappa shape index (κ2) is 6.45. The number of pyridine rings is 1. The topological polar surface area (TPSA) is 68.7 Å². The summed E-state index contributed by atoms with van der Waals surface area (Å²) in [5.41, 5.74) is 0. The molecule has 7 heteroatoms. The average molecular weight is 314 g/mol. The molecule has 0 spiro atoms. The maximum absolute atomic E-state index is 10.4. The number of carbonyl (C=O) groups is 1. The van der Waals surface area contributed by atoms with Gasteiger partial charge >= 0.3 is 5.97 Å². The van der Waals surface area contributed by atoms with E-state index in [1.807, 2.05) is 0 Å². The molecule has 5 nitrogen and oxygen atoms in total. The molecular formula is C13H9Cl2NO4. The van der Waals surface area contributed by atoms with E-state index >= 15 is 0 Å². The highest BCUT2D eigenvalue weighted by Gasteiger charge is 2.06. The lowest BCUT2D eigenvalue weighted by Crippen LogP contribution is -2.09. The minimum Gasteiger partial charge on any atom is -0.482 e. The number of hydrogen-bond acceptors (Lipinski definition) is 4. The molecule has 2 aromatic rings. The zero-order valence-electron chi connectivity index (χ0n) is 10.0. The summed E-state index contributed by atoms with van der Waals surface area (Å²) >= 11 is 11.7. The number of aliphatic carboxylic acids is 1. The Balaban J connectivity index is 2.05. The fourth-order valence-electron chi connectivity index (χ4n) is 1.34. The van der Waals surface area contributed by atoms with Crippen LogP contribution in [-0.4, -0.2) is 22.7 Å². The fraction of sp³-hybridized carbons (Fsp3) is 0.0769. The van der Waals surface area contributed by atoms with E-state index in [2.05, 4.69) is 4.98 Å². The van der Waals surface area contributed by atoms with Gasteiger partial charge in [-0.05, 0) is 30.3 Å². The molecule has 0 amide bonds. The van der Waals surface area contributed by atoms with Crippen LogP contribution in [0.25, 0.3) is 0 Å². The summed E-state index contributed by atoms with van der Waals surface area (Å²) in [5, 5.41) is 9.21. The molecule has 1 heterocycles. The highest BCUT2D eigenvalue weighted by molar-refractivity contribution is 6.35. The Hall–Kier alpha value is -1.98. The van der Waals surface area contributed by atoms with E-state index in [0.717, 1.165) is 0 Å². The summed E-state index contributed by atoms with van der Waals surface area (Å²) in [6.07, 6.45) is 1.42. The molecule has 0 fully saturated rings. The van der Waals surface area contributed by atoms with E-state index in [-0.39, 0.29) is 5.88 Å². The van der Waals surface area contributed by atoms with Crippen molar-refractivity contribution in [2.75, 3.05) is 6.61 Å². The zero-order chi connectivity index (χ0) is 14.5. The van der Waals surface area contributed by atoms with Gasteiger partial charge in [-0.25, -0.2) is 9.78 Å². The Labute approximate surface area is 124 Å². The molecule has 0 aliphatic rings. The number of rotatable bonds is 5. The molecule has 104 valence electrons. The van der Waals surface area contributed by atoms with Crippen molar-refractivity contribution in [3.8, 4) is 17.4 Å². The molecule has 0 bridgehead atoms. The van der Waals surface area contributed by atoms with Crippen LogP contribution >= 0.6 is 23.2 Å². The van der Waals surface area contributed by atoms with Crippen molar-refractivity contribution < 1.29 is 19.4 Å². The molecule has 0 unspecified atom stereocenters. The van der Waals surface area contributed by atoms with Crippen LogP contribution in [0.4, 0.5) is 0 Å². The molecule has 2 rings (SSSR count). The first-order valence-corrected chi connectivity index (χ1v) is 6.24. The quantitative estimate of drug-likeness (QED) is 0.912. The number of carboxylic acid groups (broad SMARTS) is 1. The second-order valence-electron chi connectivity index (χ2n) is 3.70. The number of aromatic nitrogens is 1. The Kier molecular flexibility index (Phi) is 4.65. The van der Waals surface area contributed by atoms with Gasteiger partial charge in [0.05, 0.1) is 5.02 Å². The highest BCUT2D eigenvalue weighted by Crippen LogP contribution is 2.29. The van der Waals surface area contributed by atoms with Crippen molar-refractivity contribution in [2.45, 2.75) is 0 Å². The van der Waals surface area contributed by atoms with Crippen molar-refractivity contribution in [2.24, 2.45) is 0 Å². The zero-order valence-corrected chi connectivity index (χ0v) is 11.6. The Morgan fingerprint density at radius 2 is 1.85 bits per heavy atom. The summed E-state index contributed by atoms with van der Waals surface area (Å²) in [4.78, 5) is 14.3. The van der Waals surface area contributed by atoms with Gasteiger partial charge in [-0.15, -0.1) is 0 Å². The third-order valence-corrected chi connectivity index (χ3v) is 2.65. The fourth-order valence-corrected chi connectivity index (χ4v) is 1.76. The van der Waals surface area contributed by atoms with Gasteiger partial charge in [0.25, 0.3) is 0 Å². The van der Waals surface area contributed by atoms with Crippen LogP contribution < -0.4 is 9.47 Å². The maximum atomic E-state index is 10.4. The van der Waals surface area contributed by atoms with E-state index in [1.54, 1.807) is 24.3 Å². The van der Waals surface area contributed by atoms with Crippen molar-refractivity contribution >= 4 is 29.2 Å². The van der Waals surface area contributed by atoms with Gasteiger partial charge in [-0.3, -0.25) is 0 Å². The molecular weight excluding hydrogens is 305 g/mol. The first-order chi connectivity index (χ1) is 9.54. The molecule has 0 radical (unpaired) electrons. The van der Waals surface area contributed by atoms with Crippen LogP contribution in [0.2, 0.25) is 10.0 Å². The lowest BCUT2D eigenvalue weighted by atomic mass is 10.3. The first kappa shape index (κ1) is 14.4. The molecule has 20 heavy (non-hydrogen) atoms. The molecule has 0 saturated carbocycles. The van der Waals surface area contributed by atoms with Crippen molar-refractivity contribution in [1.82, 2.24) is 4.98 Å². The SMILES string of the molecule is O=C(O)COc1ccc(Oc2ncc(Cl)cc2Cl)cc1. The molecule has 0 aliphatic carbocycles. The summed E-state index contributed by atoms with van der Waals surface area (Å²) in [7, 11) is 0. The third kappa shape index (κ3) is 4.01. The lowest BCUT2D eigenvalue weighted by molar-refractivity contribution is -0.139. The van der Waals surface area contributed by atoms with Gasteiger partial charge in [0.15, 0.2) is 6.61 Å². The molecule has 0 aliphatic heterocycles. The molecule has 1 aromatic carbocycles. The summed E-state index contributed by atoms with van der Waals surface area (Å²) in [6, 6.07) is 7.92. The van der Waals surface area contributed by atoms with E-state index in [0.29, 0.717) is 21.5 Å². The van der Waals surface area contributed by atoms with Gasteiger partial charge in [0.1, 0.15) is 16.5 Å². The van der Waals surface area contributed by atoms with Gasteiger partial charge in [-0.1, -0.05) is 23.2 Å². The largest absolute Gasteiger partial charge is 0.482 e. The van der Waals surface area contributed by atoms with E-state index in [4.69, 9.17) is 37.8 Å². The van der Waals surface area contributed by atoms with Crippen LogP contribution in [0, 0.1) is 0 Å². The summed E-state index contributed by atoms with van der Waals surface area (Å²) < 4.78 is 10.5. The number of nitrogens with zero attached hydrogens (tertiary/aromatic N) is 1. The van der Waals surface area contributed by atoms with E-state index in [1.165, 1.54) is 12.3 Å². The molecule has 1 N–H and O–H groups in total. The number of halogens is 2. The molecule has 0 saturated heterocycles. The van der Waals surface area contributed by atoms with Crippen LogP contribution in [0.3, 0.4) is 0 Å². The number of carboxylic acids is 1. The summed E-state index contributed by atoms with van der Waals surface area (Å²) in [5.74, 6) is 0.108. The first-order valence-electron chi connectivity index (χ1n) is 5.48. The van der Waals surface area contributed by atoms with Crippen LogP contribution in [-0.2, 0) is 4.79 Å². The number of ether oxygens (including phenoxy) is 2. The standard InChI is InChI=1S/C13H9Cl2NO4/c14-8-5-11(15)13(16-6-8)20-10-3-1-9(2-4-10)19-7-12(17)18/h1-6H,7H2,(H,17,18). The van der Waals surface area contributed by atoms with Crippen LogP contribution in [0.1, 0.15) is 0 Å². The Morgan fingerprint density at radius 3 is 2.45 bits per heavy atom. The normalized spacial score (nSPS) is 10.1. The van der Waals surface area contributed by atoms with Gasteiger partial charge < -0.3 is 14.6 Å². The highest BCUT2D eigenvalue weighted by atomic mass is 35.5. The minimum atomic E-state index is -1.04. The van der Waals surface area contributed by atoms with Crippen molar-refractivity contribution in [1.29, 1.82) is 0 Å². The van der Waals surface area contributed by atoms with Gasteiger partial charge in [-0.2, -0.15) is 0 Å². The monoisotopic (exact) mass is 313 g/mol. The third-order valence-electron chi connectivity index (χ3n) is 2.17. The van der Waals surface area contributed by atoms with E-state index < -0.39 is 12.6 Å². The Morgan fingerprint density at radius 1 is 1.20 bits per heavy atom. The summed E-state index contributed by atoms with van der Waals surface area (Å²) in [6.45, 7) is -0.398. The second-order valence-corrected chi connectivity index (χ2v) is 4.54. The molecule has 1 aromatic heterocycles. The van der Waals surface area contributed by atoms with Crippen LogP contribution in [0.5, 0.6) is 17.4 Å². The Bertz CT molecular complexity index is 616. The molecule has 0 atom stereocenters. The predicted molar refractivity (Wildman–Crippen MR) is 73.9 cm³/mol. The van der Waals surface area contributed by atoms with Crippen molar-refractivity contribution in [3.63, 3.8) is 0 Å². The van der Waals surface area contributed by atoms with Gasteiger partial charge in [0.2, 0.25) is 5.88 Å². The minimum absolute atomic E-state index is 0.232. The van der Waals surface area contributed by atoms with Crippen LogP contribution in [0.15, 0.2) is 36.5 Å². The maximum Gasteiger partial charge on any atom is 0.341 e. The lowest BCUT2D eigenvalue weighted by Gasteiger charge is -2.07. The number of benzene rings is 1. The number of hydrogen-bond donors (Lipinski definition) is 1. The smallest absolute Gasteiger partial charge is 0.341 e. The predicted octanol–water partition coefficient (Wildman–Crippen LogP) is 3.64. The van der Waals surface area contributed by atoms with Crippen molar-refractivity contribution in [3.05, 3.63) is 46.6 Å². The van der Waals surface area contributed by atoms with Gasteiger partial charge in [0, 0.05) is 6.20 Å². The van der Waals surface area contributed by atoms with E-state index in [9.17, 15) is 4.79 Å².